The lowest BCUT2D eigenvalue weighted by molar-refractivity contribution is -0.132. The molecule has 0 heterocycles. The van der Waals surface area contributed by atoms with Gasteiger partial charge in [-0.3, -0.25) is 19.2 Å². The molecule has 9 heteroatoms. The Hall–Kier alpha value is -3.52. The third-order valence-corrected chi connectivity index (χ3v) is 5.48. The van der Waals surface area contributed by atoms with Crippen molar-refractivity contribution in [3.8, 4) is 0 Å². The van der Waals surface area contributed by atoms with E-state index in [9.17, 15) is 19.2 Å². The molecule has 0 bridgehead atoms. The van der Waals surface area contributed by atoms with E-state index < -0.39 is 29.7 Å². The summed E-state index contributed by atoms with van der Waals surface area (Å²) in [6.07, 6.45) is 0.869. The summed E-state index contributed by atoms with van der Waals surface area (Å²) in [5.41, 5.74) is 2.67. The minimum absolute atomic E-state index is 0.0174. The lowest BCUT2D eigenvalue weighted by Crippen LogP contribution is -2.54. The zero-order valence-corrected chi connectivity index (χ0v) is 19.9. The second-order valence-corrected chi connectivity index (χ2v) is 8.37. The number of Topliss-reactive ketones (excluding diaryl/α,β-unsaturated/α-hetero) is 1. The fraction of sp³-hybridized carbons (Fsp3) is 0.320. The highest BCUT2D eigenvalue weighted by Crippen LogP contribution is 2.12. The van der Waals surface area contributed by atoms with Gasteiger partial charge in [-0.1, -0.05) is 48.0 Å². The van der Waals surface area contributed by atoms with Crippen LogP contribution < -0.4 is 16.0 Å². The number of carbonyl (C=O) groups excluding carboxylic acids is 4. The van der Waals surface area contributed by atoms with Gasteiger partial charge in [0.15, 0.2) is 5.78 Å². The molecule has 34 heavy (non-hydrogen) atoms. The minimum Gasteiger partial charge on any atom is -0.350 e. The molecule has 0 saturated carbocycles. The molecule has 0 radical (unpaired) electrons. The van der Waals surface area contributed by atoms with Crippen LogP contribution in [0.4, 0.5) is 0 Å². The molecule has 3 amide bonds. The van der Waals surface area contributed by atoms with Gasteiger partial charge in [0.2, 0.25) is 17.7 Å². The Bertz CT molecular complexity index is 1040. The van der Waals surface area contributed by atoms with Crippen LogP contribution in [0.15, 0.2) is 48.5 Å². The van der Waals surface area contributed by atoms with Crippen molar-refractivity contribution in [2.45, 2.75) is 51.7 Å². The first-order valence-electron chi connectivity index (χ1n) is 10.9. The van der Waals surface area contributed by atoms with Gasteiger partial charge in [-0.25, -0.2) is 0 Å². The van der Waals surface area contributed by atoms with E-state index in [1.165, 1.54) is 6.92 Å². The lowest BCUT2D eigenvalue weighted by atomic mass is 10.00. The second kappa shape index (κ2) is 13.3. The van der Waals surface area contributed by atoms with Gasteiger partial charge in [-0.15, -0.1) is 0 Å². The van der Waals surface area contributed by atoms with Crippen LogP contribution in [-0.4, -0.2) is 41.8 Å². The van der Waals surface area contributed by atoms with Gasteiger partial charge in [0.1, 0.15) is 12.1 Å². The van der Waals surface area contributed by atoms with Crippen LogP contribution in [0.2, 0.25) is 5.02 Å². The largest absolute Gasteiger partial charge is 0.350 e. The number of aryl methyl sites for hydroxylation is 1. The van der Waals surface area contributed by atoms with Crippen molar-refractivity contribution in [2.75, 3.05) is 0 Å². The van der Waals surface area contributed by atoms with Crippen molar-refractivity contribution in [3.63, 3.8) is 0 Å². The van der Waals surface area contributed by atoms with E-state index in [4.69, 9.17) is 17.0 Å². The highest BCUT2D eigenvalue weighted by atomic mass is 35.5. The van der Waals surface area contributed by atoms with E-state index in [0.29, 0.717) is 11.2 Å². The molecule has 0 unspecified atom stereocenters. The maximum absolute atomic E-state index is 13.1. The molecule has 0 aliphatic heterocycles. The Balaban J connectivity index is 2.14. The Labute approximate surface area is 204 Å². The third-order valence-electron chi connectivity index (χ3n) is 5.23. The van der Waals surface area contributed by atoms with Crippen LogP contribution in [0.1, 0.15) is 36.5 Å². The third kappa shape index (κ3) is 8.78. The van der Waals surface area contributed by atoms with Gasteiger partial charge in [-0.05, 0) is 42.2 Å². The Morgan fingerprint density at radius 3 is 2.26 bits per heavy atom. The Kier molecular flexibility index (Phi) is 10.4. The molecule has 0 spiro atoms. The van der Waals surface area contributed by atoms with Crippen molar-refractivity contribution in [2.24, 2.45) is 0 Å². The summed E-state index contributed by atoms with van der Waals surface area (Å²) in [6.45, 7) is 3.43. The van der Waals surface area contributed by atoms with Crippen LogP contribution in [-0.2, 0) is 32.1 Å². The fourth-order valence-electron chi connectivity index (χ4n) is 3.33. The first-order valence-corrected chi connectivity index (χ1v) is 11.2. The van der Waals surface area contributed by atoms with E-state index in [-0.39, 0.29) is 31.7 Å². The number of ketones is 1. The summed E-state index contributed by atoms with van der Waals surface area (Å²) in [4.78, 5) is 49.3. The molecule has 0 aromatic heterocycles. The summed E-state index contributed by atoms with van der Waals surface area (Å²) < 4.78 is 0. The molecular formula is C25H29ClN4O4. The molecular weight excluding hydrogens is 456 g/mol. The van der Waals surface area contributed by atoms with E-state index in [0.717, 1.165) is 16.7 Å². The van der Waals surface area contributed by atoms with Crippen molar-refractivity contribution < 1.29 is 19.2 Å². The number of hydrogen-bond acceptors (Lipinski definition) is 5. The summed E-state index contributed by atoms with van der Waals surface area (Å²) >= 11 is 5.89. The summed E-state index contributed by atoms with van der Waals surface area (Å²) in [7, 11) is 0. The molecule has 0 saturated heterocycles. The molecule has 2 aromatic carbocycles. The van der Waals surface area contributed by atoms with E-state index in [1.807, 2.05) is 31.2 Å². The number of halogens is 1. The number of benzene rings is 2. The molecule has 0 fully saturated rings. The quantitative estimate of drug-likeness (QED) is 0.345. The van der Waals surface area contributed by atoms with Gasteiger partial charge < -0.3 is 21.4 Å². The topological polar surface area (TPSA) is 128 Å². The molecule has 0 aliphatic rings. The van der Waals surface area contributed by atoms with Crippen molar-refractivity contribution in [1.82, 2.24) is 16.0 Å². The predicted molar refractivity (Wildman–Crippen MR) is 131 cm³/mol. The summed E-state index contributed by atoms with van der Waals surface area (Å²) in [6, 6.07) is 12.5. The zero-order valence-electron chi connectivity index (χ0n) is 19.2. The van der Waals surface area contributed by atoms with Gasteiger partial charge >= 0.3 is 0 Å². The highest BCUT2D eigenvalue weighted by Gasteiger charge is 2.27. The Morgan fingerprint density at radius 1 is 0.971 bits per heavy atom. The van der Waals surface area contributed by atoms with Gasteiger partial charge in [0.25, 0.3) is 0 Å². The lowest BCUT2D eigenvalue weighted by Gasteiger charge is -2.23. The molecule has 4 N–H and O–H groups in total. The summed E-state index contributed by atoms with van der Waals surface area (Å²) in [5.74, 6) is -1.84. The van der Waals surface area contributed by atoms with Crippen LogP contribution >= 0.6 is 11.6 Å². The first-order chi connectivity index (χ1) is 16.2. The number of hydrogen-bond donors (Lipinski definition) is 4. The van der Waals surface area contributed by atoms with Crippen molar-refractivity contribution in [3.05, 3.63) is 70.2 Å². The van der Waals surface area contributed by atoms with Crippen LogP contribution in [0.25, 0.3) is 0 Å². The highest BCUT2D eigenvalue weighted by molar-refractivity contribution is 6.30. The van der Waals surface area contributed by atoms with Crippen LogP contribution in [0.3, 0.4) is 0 Å². The molecule has 0 aliphatic carbocycles. The monoisotopic (exact) mass is 484 g/mol. The first kappa shape index (κ1) is 26.7. The predicted octanol–water partition coefficient (Wildman–Crippen LogP) is 2.50. The number of carbonyl (C=O) groups is 4. The number of amides is 3. The average molecular weight is 485 g/mol. The minimum atomic E-state index is -1.02. The molecule has 2 aromatic rings. The standard InChI is InChI=1S/C25H29ClN4O4/c1-16-5-3-4-6-19(16)13-23(29-17(2)31)25(34)30-22(12-11-21(32)14-27)24(33)28-15-18-7-9-20(26)10-8-18/h3-10,14,22-23,27H,11-13,15H2,1-2H3,(H,28,33)(H,29,31)(H,30,34)/t22-,23-/m0/s1. The van der Waals surface area contributed by atoms with Gasteiger partial charge in [0.05, 0.1) is 6.21 Å². The maximum atomic E-state index is 13.1. The summed E-state index contributed by atoms with van der Waals surface area (Å²) in [5, 5.41) is 15.7. The van der Waals surface area contributed by atoms with Gasteiger partial charge in [0, 0.05) is 31.3 Å². The molecule has 180 valence electrons. The molecule has 2 rings (SSSR count). The normalized spacial score (nSPS) is 12.2. The SMILES string of the molecule is CC(=O)N[C@@H](Cc1ccccc1C)C(=O)N[C@@H](CCC(=O)C=N)C(=O)NCc1ccc(Cl)cc1. The van der Waals surface area contributed by atoms with Crippen LogP contribution in [0.5, 0.6) is 0 Å². The van der Waals surface area contributed by atoms with E-state index >= 15 is 0 Å². The van der Waals surface area contributed by atoms with E-state index in [2.05, 4.69) is 16.0 Å². The number of nitrogens with one attached hydrogen (secondary N) is 4. The second-order valence-electron chi connectivity index (χ2n) is 7.94. The fourth-order valence-corrected chi connectivity index (χ4v) is 3.45. The maximum Gasteiger partial charge on any atom is 0.243 e. The average Bonchev–Trinajstić information content (AvgIpc) is 2.81. The smallest absolute Gasteiger partial charge is 0.243 e. The van der Waals surface area contributed by atoms with Crippen molar-refractivity contribution in [1.29, 1.82) is 5.41 Å². The van der Waals surface area contributed by atoms with Crippen LogP contribution in [0, 0.1) is 12.3 Å². The molecule has 8 nitrogen and oxygen atoms in total. The van der Waals surface area contributed by atoms with Gasteiger partial charge in [-0.2, -0.15) is 0 Å². The number of rotatable bonds is 12. The molecule has 2 atom stereocenters. The van der Waals surface area contributed by atoms with Crippen molar-refractivity contribution >= 4 is 41.3 Å². The zero-order chi connectivity index (χ0) is 25.1. The van der Waals surface area contributed by atoms with E-state index in [1.54, 1.807) is 24.3 Å². The Morgan fingerprint density at radius 2 is 1.65 bits per heavy atom.